The zero-order valence-electron chi connectivity index (χ0n) is 16.2. The quantitative estimate of drug-likeness (QED) is 0.515. The van der Waals surface area contributed by atoms with Crippen LogP contribution in [0.15, 0.2) is 42.5 Å². The predicted octanol–water partition coefficient (Wildman–Crippen LogP) is 2.94. The number of aliphatic hydroxyl groups is 2. The predicted molar refractivity (Wildman–Crippen MR) is 111 cm³/mol. The fourth-order valence-electron chi connectivity index (χ4n) is 3.22. The first-order valence-corrected chi connectivity index (χ1v) is 9.83. The fourth-order valence-corrected chi connectivity index (χ4v) is 3.22. The SMILES string of the molecule is OCc1ccc(/C=C/c2ccc(OCCCN3CCOCC3)cc2)cc1CO. The van der Waals surface area contributed by atoms with Crippen LogP contribution in [-0.2, 0) is 18.0 Å². The van der Waals surface area contributed by atoms with Crippen LogP contribution in [0.2, 0.25) is 0 Å². The van der Waals surface area contributed by atoms with Crippen LogP contribution in [0.4, 0.5) is 0 Å². The van der Waals surface area contributed by atoms with E-state index in [1.165, 1.54) is 0 Å². The molecule has 0 spiro atoms. The third kappa shape index (κ3) is 6.17. The van der Waals surface area contributed by atoms with Crippen molar-refractivity contribution in [3.05, 3.63) is 64.7 Å². The summed E-state index contributed by atoms with van der Waals surface area (Å²) in [6.07, 6.45) is 5.04. The summed E-state index contributed by atoms with van der Waals surface area (Å²) in [7, 11) is 0. The summed E-state index contributed by atoms with van der Waals surface area (Å²) in [5.41, 5.74) is 3.59. The third-order valence-electron chi connectivity index (χ3n) is 4.91. The Bertz CT molecular complexity index is 752. The summed E-state index contributed by atoms with van der Waals surface area (Å²) < 4.78 is 11.2. The number of nitrogens with zero attached hydrogens (tertiary/aromatic N) is 1. The molecule has 0 aliphatic carbocycles. The molecule has 0 aromatic heterocycles. The molecule has 2 aromatic carbocycles. The van der Waals surface area contributed by atoms with Crippen LogP contribution in [0.25, 0.3) is 12.2 Å². The maximum Gasteiger partial charge on any atom is 0.119 e. The Balaban J connectivity index is 1.46. The van der Waals surface area contributed by atoms with Crippen molar-refractivity contribution in [1.82, 2.24) is 4.90 Å². The second kappa shape index (κ2) is 11.0. The Morgan fingerprint density at radius 1 is 0.893 bits per heavy atom. The number of hydrogen-bond donors (Lipinski definition) is 2. The highest BCUT2D eigenvalue weighted by atomic mass is 16.5. The van der Waals surface area contributed by atoms with Gasteiger partial charge in [0.05, 0.1) is 33.0 Å². The van der Waals surface area contributed by atoms with Gasteiger partial charge >= 0.3 is 0 Å². The van der Waals surface area contributed by atoms with Gasteiger partial charge in [-0.2, -0.15) is 0 Å². The molecule has 0 bridgehead atoms. The smallest absolute Gasteiger partial charge is 0.119 e. The van der Waals surface area contributed by atoms with Crippen molar-refractivity contribution in [3.8, 4) is 5.75 Å². The molecule has 5 heteroatoms. The molecule has 1 saturated heterocycles. The van der Waals surface area contributed by atoms with Crippen LogP contribution >= 0.6 is 0 Å². The van der Waals surface area contributed by atoms with Crippen LogP contribution in [0.5, 0.6) is 5.75 Å². The Kier molecular flexibility index (Phi) is 8.06. The molecule has 1 fully saturated rings. The van der Waals surface area contributed by atoms with E-state index >= 15 is 0 Å². The number of rotatable bonds is 9. The van der Waals surface area contributed by atoms with Crippen LogP contribution in [-0.4, -0.2) is 54.6 Å². The zero-order valence-corrected chi connectivity index (χ0v) is 16.2. The number of aliphatic hydroxyl groups excluding tert-OH is 2. The lowest BCUT2D eigenvalue weighted by atomic mass is 10.0. The summed E-state index contributed by atoms with van der Waals surface area (Å²) in [5.74, 6) is 0.883. The van der Waals surface area contributed by atoms with Crippen LogP contribution in [0.1, 0.15) is 28.7 Å². The van der Waals surface area contributed by atoms with Gasteiger partial charge in [-0.05, 0) is 46.9 Å². The maximum atomic E-state index is 9.40. The molecule has 150 valence electrons. The summed E-state index contributed by atoms with van der Waals surface area (Å²) in [6.45, 7) is 5.34. The summed E-state index contributed by atoms with van der Waals surface area (Å²) in [4.78, 5) is 2.41. The van der Waals surface area contributed by atoms with Crippen molar-refractivity contribution >= 4 is 12.2 Å². The molecule has 1 heterocycles. The van der Waals surface area contributed by atoms with Gasteiger partial charge in [-0.15, -0.1) is 0 Å². The second-order valence-corrected chi connectivity index (χ2v) is 6.90. The summed E-state index contributed by atoms with van der Waals surface area (Å²) in [5, 5.41) is 18.7. The van der Waals surface area contributed by atoms with E-state index in [0.717, 1.165) is 67.3 Å². The van der Waals surface area contributed by atoms with Crippen molar-refractivity contribution in [2.45, 2.75) is 19.6 Å². The third-order valence-corrected chi connectivity index (χ3v) is 4.91. The molecule has 0 radical (unpaired) electrons. The molecule has 5 nitrogen and oxygen atoms in total. The maximum absolute atomic E-state index is 9.40. The largest absolute Gasteiger partial charge is 0.494 e. The first kappa shape index (κ1) is 20.6. The van der Waals surface area contributed by atoms with E-state index in [9.17, 15) is 10.2 Å². The van der Waals surface area contributed by atoms with Gasteiger partial charge in [-0.25, -0.2) is 0 Å². The van der Waals surface area contributed by atoms with E-state index in [1.807, 2.05) is 54.6 Å². The van der Waals surface area contributed by atoms with E-state index in [0.29, 0.717) is 6.61 Å². The molecule has 0 unspecified atom stereocenters. The lowest BCUT2D eigenvalue weighted by Gasteiger charge is -2.26. The van der Waals surface area contributed by atoms with Crippen molar-refractivity contribution in [2.24, 2.45) is 0 Å². The highest BCUT2D eigenvalue weighted by molar-refractivity contribution is 5.70. The van der Waals surface area contributed by atoms with E-state index < -0.39 is 0 Å². The van der Waals surface area contributed by atoms with E-state index in [1.54, 1.807) is 0 Å². The Morgan fingerprint density at radius 3 is 2.29 bits per heavy atom. The van der Waals surface area contributed by atoms with E-state index in [-0.39, 0.29) is 13.2 Å². The summed E-state index contributed by atoms with van der Waals surface area (Å²) >= 11 is 0. The molecule has 3 rings (SSSR count). The van der Waals surface area contributed by atoms with Crippen LogP contribution < -0.4 is 4.74 Å². The van der Waals surface area contributed by atoms with Gasteiger partial charge in [0.2, 0.25) is 0 Å². The minimum Gasteiger partial charge on any atom is -0.494 e. The van der Waals surface area contributed by atoms with Gasteiger partial charge in [0.25, 0.3) is 0 Å². The van der Waals surface area contributed by atoms with E-state index in [4.69, 9.17) is 9.47 Å². The molecule has 1 aliphatic heterocycles. The number of hydrogen-bond acceptors (Lipinski definition) is 5. The fraction of sp³-hybridized carbons (Fsp3) is 0.391. The molecule has 0 amide bonds. The van der Waals surface area contributed by atoms with Crippen LogP contribution in [0.3, 0.4) is 0 Å². The Hall–Kier alpha value is -2.18. The van der Waals surface area contributed by atoms with Crippen LogP contribution in [0, 0.1) is 0 Å². The lowest BCUT2D eigenvalue weighted by Crippen LogP contribution is -2.37. The van der Waals surface area contributed by atoms with Gasteiger partial charge in [-0.3, -0.25) is 4.90 Å². The van der Waals surface area contributed by atoms with Gasteiger partial charge in [0.15, 0.2) is 0 Å². The molecule has 1 aliphatic rings. The average Bonchev–Trinajstić information content (AvgIpc) is 2.76. The second-order valence-electron chi connectivity index (χ2n) is 6.90. The van der Waals surface area contributed by atoms with Crippen molar-refractivity contribution < 1.29 is 19.7 Å². The van der Waals surface area contributed by atoms with Gasteiger partial charge < -0.3 is 19.7 Å². The normalized spacial score (nSPS) is 15.2. The van der Waals surface area contributed by atoms with Gasteiger partial charge in [0.1, 0.15) is 5.75 Å². The zero-order chi connectivity index (χ0) is 19.6. The Morgan fingerprint density at radius 2 is 1.57 bits per heavy atom. The van der Waals surface area contributed by atoms with Crippen molar-refractivity contribution in [1.29, 1.82) is 0 Å². The molecule has 0 saturated carbocycles. The summed E-state index contributed by atoms with van der Waals surface area (Å²) in [6, 6.07) is 13.7. The molecule has 2 aromatic rings. The van der Waals surface area contributed by atoms with Crippen molar-refractivity contribution in [3.63, 3.8) is 0 Å². The lowest BCUT2D eigenvalue weighted by molar-refractivity contribution is 0.0358. The Labute approximate surface area is 166 Å². The van der Waals surface area contributed by atoms with Crippen molar-refractivity contribution in [2.75, 3.05) is 39.5 Å². The standard InChI is InChI=1S/C23H29NO4/c25-17-21-7-4-20(16-22(21)18-26)3-2-19-5-8-23(9-6-19)28-13-1-10-24-11-14-27-15-12-24/h2-9,16,25-26H,1,10-15,17-18H2/b3-2+. The van der Waals surface area contributed by atoms with E-state index in [2.05, 4.69) is 4.90 Å². The first-order chi connectivity index (χ1) is 13.8. The van der Waals surface area contributed by atoms with Gasteiger partial charge in [0, 0.05) is 19.6 Å². The topological polar surface area (TPSA) is 62.2 Å². The average molecular weight is 383 g/mol. The molecule has 0 atom stereocenters. The highest BCUT2D eigenvalue weighted by Crippen LogP contribution is 2.17. The number of benzene rings is 2. The number of ether oxygens (including phenoxy) is 2. The first-order valence-electron chi connectivity index (χ1n) is 9.83. The monoisotopic (exact) mass is 383 g/mol. The van der Waals surface area contributed by atoms with Gasteiger partial charge in [-0.1, -0.05) is 36.4 Å². The minimum atomic E-state index is -0.0743. The molecule has 28 heavy (non-hydrogen) atoms. The minimum absolute atomic E-state index is 0.0617. The molecule has 2 N–H and O–H groups in total. The highest BCUT2D eigenvalue weighted by Gasteiger charge is 2.09. The number of morpholine rings is 1. The molecular weight excluding hydrogens is 354 g/mol. The molecular formula is C23H29NO4.